The molecule has 1 aliphatic heterocycles. The van der Waals surface area contributed by atoms with Gasteiger partial charge in [0.15, 0.2) is 5.13 Å². The zero-order valence-corrected chi connectivity index (χ0v) is 14.8. The summed E-state index contributed by atoms with van der Waals surface area (Å²) in [4.78, 5) is 30.4. The smallest absolute Gasteiger partial charge is 0.273 e. The van der Waals surface area contributed by atoms with Gasteiger partial charge in [0.2, 0.25) is 5.91 Å². The van der Waals surface area contributed by atoms with E-state index in [1.807, 2.05) is 24.2 Å². The number of carbonyl (C=O) groups is 2. The predicted molar refractivity (Wildman–Crippen MR) is 94.1 cm³/mol. The van der Waals surface area contributed by atoms with Crippen LogP contribution >= 0.6 is 11.3 Å². The summed E-state index contributed by atoms with van der Waals surface area (Å²) in [6.07, 6.45) is 6.25. The van der Waals surface area contributed by atoms with Gasteiger partial charge < -0.3 is 14.8 Å². The first-order chi connectivity index (χ1) is 11.6. The molecule has 3 rings (SSSR count). The number of hydrogen-bond acceptors (Lipinski definition) is 4. The van der Waals surface area contributed by atoms with Crippen LogP contribution in [0.4, 0.5) is 5.13 Å². The van der Waals surface area contributed by atoms with Gasteiger partial charge in [0.05, 0.1) is 6.04 Å². The molecule has 1 atom stereocenters. The average Bonchev–Trinajstić information content (AvgIpc) is 3.09. The minimum absolute atomic E-state index is 0.0593. The first-order valence-corrected chi connectivity index (χ1v) is 9.09. The molecular formula is C17H22N4O2S. The first kappa shape index (κ1) is 16.7. The van der Waals surface area contributed by atoms with Gasteiger partial charge in [-0.05, 0) is 25.0 Å². The number of aromatic nitrogens is 2. The predicted octanol–water partition coefficient (Wildman–Crippen LogP) is 3.20. The lowest BCUT2D eigenvalue weighted by Gasteiger charge is -2.30. The van der Waals surface area contributed by atoms with Crippen LogP contribution in [0.3, 0.4) is 0 Å². The highest BCUT2D eigenvalue weighted by molar-refractivity contribution is 7.14. The maximum absolute atomic E-state index is 13.0. The molecule has 0 saturated carbocycles. The molecule has 3 heterocycles. The number of nitrogens with one attached hydrogen (secondary N) is 1. The molecule has 24 heavy (non-hydrogen) atoms. The zero-order valence-electron chi connectivity index (χ0n) is 14.0. The second kappa shape index (κ2) is 7.17. The van der Waals surface area contributed by atoms with Crippen LogP contribution in [0.1, 0.15) is 54.8 Å². The van der Waals surface area contributed by atoms with E-state index in [1.54, 1.807) is 5.38 Å². The Labute approximate surface area is 145 Å². The average molecular weight is 346 g/mol. The third-order valence-electron chi connectivity index (χ3n) is 4.35. The number of hydrogen-bond donors (Lipinski definition) is 1. The van der Waals surface area contributed by atoms with Gasteiger partial charge in [-0.1, -0.05) is 12.8 Å². The van der Waals surface area contributed by atoms with Crippen LogP contribution in [-0.4, -0.2) is 32.8 Å². The highest BCUT2D eigenvalue weighted by Crippen LogP contribution is 2.31. The quantitative estimate of drug-likeness (QED) is 0.928. The number of nitrogens with zero attached hydrogens (tertiary/aromatic N) is 3. The van der Waals surface area contributed by atoms with Crippen molar-refractivity contribution in [1.82, 2.24) is 14.5 Å². The van der Waals surface area contributed by atoms with Gasteiger partial charge >= 0.3 is 0 Å². The Morgan fingerprint density at radius 2 is 2.17 bits per heavy atom. The van der Waals surface area contributed by atoms with Crippen molar-refractivity contribution in [3.8, 4) is 0 Å². The van der Waals surface area contributed by atoms with Crippen LogP contribution < -0.4 is 5.32 Å². The monoisotopic (exact) mass is 346 g/mol. The molecule has 1 saturated heterocycles. The van der Waals surface area contributed by atoms with E-state index in [0.717, 1.165) is 37.9 Å². The molecule has 2 amide bonds. The van der Waals surface area contributed by atoms with Crippen LogP contribution in [0.5, 0.6) is 0 Å². The van der Waals surface area contributed by atoms with Crippen molar-refractivity contribution in [3.63, 3.8) is 0 Å². The zero-order chi connectivity index (χ0) is 17.1. The minimum Gasteiger partial charge on any atom is -0.353 e. The van der Waals surface area contributed by atoms with E-state index in [0.29, 0.717) is 10.8 Å². The highest BCUT2D eigenvalue weighted by atomic mass is 32.1. The second-order valence-electron chi connectivity index (χ2n) is 6.13. The summed E-state index contributed by atoms with van der Waals surface area (Å²) in [5.41, 5.74) is 1.56. The molecule has 1 N–H and O–H groups in total. The summed E-state index contributed by atoms with van der Waals surface area (Å²) in [5.74, 6) is -0.240. The Morgan fingerprint density at radius 1 is 1.33 bits per heavy atom. The molecular weight excluding hydrogens is 324 g/mol. The molecule has 6 nitrogen and oxygen atoms in total. The van der Waals surface area contributed by atoms with Gasteiger partial charge in [0.25, 0.3) is 5.91 Å². The normalized spacial score (nSPS) is 18.2. The highest BCUT2D eigenvalue weighted by Gasteiger charge is 2.30. The van der Waals surface area contributed by atoms with E-state index >= 15 is 0 Å². The third-order valence-corrected chi connectivity index (χ3v) is 5.10. The van der Waals surface area contributed by atoms with Gasteiger partial charge in [-0.2, -0.15) is 0 Å². The van der Waals surface area contributed by atoms with Crippen molar-refractivity contribution < 1.29 is 9.59 Å². The molecule has 7 heteroatoms. The lowest BCUT2D eigenvalue weighted by atomic mass is 10.1. The van der Waals surface area contributed by atoms with Crippen LogP contribution in [-0.2, 0) is 11.8 Å². The Hall–Kier alpha value is -2.15. The largest absolute Gasteiger partial charge is 0.353 e. The number of aryl methyl sites for hydroxylation is 1. The number of thiazole rings is 1. The summed E-state index contributed by atoms with van der Waals surface area (Å²) >= 11 is 1.28. The molecule has 0 aliphatic carbocycles. The summed E-state index contributed by atoms with van der Waals surface area (Å²) in [7, 11) is 2.01. The number of likely N-dealkylation sites (tertiary alicyclic amines) is 1. The van der Waals surface area contributed by atoms with Gasteiger partial charge in [-0.15, -0.1) is 11.3 Å². The number of amides is 2. The van der Waals surface area contributed by atoms with Crippen LogP contribution in [0, 0.1) is 0 Å². The van der Waals surface area contributed by atoms with Crippen molar-refractivity contribution in [2.24, 2.45) is 7.05 Å². The van der Waals surface area contributed by atoms with Crippen LogP contribution in [0.25, 0.3) is 0 Å². The molecule has 2 aromatic heterocycles. The molecule has 1 fully saturated rings. The molecule has 0 spiro atoms. The van der Waals surface area contributed by atoms with E-state index in [2.05, 4.69) is 20.9 Å². The minimum atomic E-state index is -0.181. The molecule has 0 radical (unpaired) electrons. The molecule has 2 aromatic rings. The van der Waals surface area contributed by atoms with Crippen molar-refractivity contribution in [2.75, 3.05) is 11.9 Å². The van der Waals surface area contributed by atoms with E-state index in [-0.39, 0.29) is 17.9 Å². The fraction of sp³-hybridized carbons (Fsp3) is 0.471. The Morgan fingerprint density at radius 3 is 2.88 bits per heavy atom. The van der Waals surface area contributed by atoms with E-state index in [1.165, 1.54) is 18.3 Å². The molecule has 0 aromatic carbocycles. The number of rotatable bonds is 3. The SMILES string of the molecule is CC(=O)Nc1nc(C(=O)N2CCCCC[C@H]2c2cccn2C)cs1. The topological polar surface area (TPSA) is 67.2 Å². The summed E-state index contributed by atoms with van der Waals surface area (Å²) < 4.78 is 2.08. The fourth-order valence-electron chi connectivity index (χ4n) is 3.21. The Kier molecular flexibility index (Phi) is 4.99. The third kappa shape index (κ3) is 3.51. The lowest BCUT2D eigenvalue weighted by Crippen LogP contribution is -2.35. The maximum Gasteiger partial charge on any atom is 0.273 e. The van der Waals surface area contributed by atoms with E-state index in [9.17, 15) is 9.59 Å². The fourth-order valence-corrected chi connectivity index (χ4v) is 3.94. The van der Waals surface area contributed by atoms with E-state index < -0.39 is 0 Å². The summed E-state index contributed by atoms with van der Waals surface area (Å²) in [5, 5.41) is 4.83. The maximum atomic E-state index is 13.0. The molecule has 1 aliphatic rings. The lowest BCUT2D eigenvalue weighted by molar-refractivity contribution is -0.114. The van der Waals surface area contributed by atoms with Crippen molar-refractivity contribution >= 4 is 28.3 Å². The van der Waals surface area contributed by atoms with Crippen molar-refractivity contribution in [2.45, 2.75) is 38.6 Å². The van der Waals surface area contributed by atoms with Gasteiger partial charge in [-0.3, -0.25) is 9.59 Å². The van der Waals surface area contributed by atoms with Crippen molar-refractivity contribution in [1.29, 1.82) is 0 Å². The Bertz CT molecular complexity index is 737. The van der Waals surface area contributed by atoms with Crippen LogP contribution in [0.15, 0.2) is 23.7 Å². The van der Waals surface area contributed by atoms with Gasteiger partial charge in [0, 0.05) is 37.8 Å². The second-order valence-corrected chi connectivity index (χ2v) is 6.98. The van der Waals surface area contributed by atoms with Crippen LogP contribution in [0.2, 0.25) is 0 Å². The standard InChI is InChI=1S/C17H22N4O2S/c1-12(22)18-17-19-13(11-24-17)16(23)21-10-5-3-4-7-15(21)14-8-6-9-20(14)2/h6,8-9,11,15H,3-5,7,10H2,1-2H3,(H,18,19,22)/t15-/m0/s1. The number of carbonyl (C=O) groups excluding carboxylic acids is 2. The first-order valence-electron chi connectivity index (χ1n) is 8.21. The van der Waals surface area contributed by atoms with Gasteiger partial charge in [-0.25, -0.2) is 4.98 Å². The molecule has 0 unspecified atom stereocenters. The molecule has 128 valence electrons. The van der Waals surface area contributed by atoms with Crippen molar-refractivity contribution in [3.05, 3.63) is 35.1 Å². The summed E-state index contributed by atoms with van der Waals surface area (Å²) in [6.45, 7) is 2.17. The molecule has 0 bridgehead atoms. The van der Waals surface area contributed by atoms with E-state index in [4.69, 9.17) is 0 Å². The Balaban J connectivity index is 1.86. The summed E-state index contributed by atoms with van der Waals surface area (Å²) in [6, 6.07) is 4.17. The number of anilines is 1. The van der Waals surface area contributed by atoms with Gasteiger partial charge in [0.1, 0.15) is 5.69 Å².